The van der Waals surface area contributed by atoms with Gasteiger partial charge in [-0.3, -0.25) is 4.90 Å². The first kappa shape index (κ1) is 14.8. The van der Waals surface area contributed by atoms with Gasteiger partial charge in [-0.05, 0) is 43.5 Å². The van der Waals surface area contributed by atoms with Crippen molar-refractivity contribution < 1.29 is 4.74 Å². The number of ether oxygens (including phenoxy) is 1. The zero-order chi connectivity index (χ0) is 13.7. The average Bonchev–Trinajstić information content (AvgIpc) is 2.43. The van der Waals surface area contributed by atoms with Crippen LogP contribution in [0.4, 0.5) is 0 Å². The molecule has 0 aliphatic carbocycles. The van der Waals surface area contributed by atoms with E-state index < -0.39 is 0 Å². The maximum atomic E-state index is 5.98. The average molecular weight is 283 g/mol. The van der Waals surface area contributed by atoms with Crippen LogP contribution < -0.4 is 5.73 Å². The topological polar surface area (TPSA) is 38.5 Å². The van der Waals surface area contributed by atoms with Gasteiger partial charge in [0.15, 0.2) is 0 Å². The summed E-state index contributed by atoms with van der Waals surface area (Å²) in [5.74, 6) is 0.649. The Labute approximate surface area is 120 Å². The highest BCUT2D eigenvalue weighted by Gasteiger charge is 2.26. The molecule has 1 aliphatic rings. The molecule has 3 nitrogen and oxygen atoms in total. The monoisotopic (exact) mass is 282 g/mol. The van der Waals surface area contributed by atoms with E-state index in [1.165, 1.54) is 5.56 Å². The molecule has 0 bridgehead atoms. The molecule has 1 fully saturated rings. The maximum absolute atomic E-state index is 5.98. The van der Waals surface area contributed by atoms with Crippen LogP contribution in [0.2, 0.25) is 5.02 Å². The molecule has 106 valence electrons. The van der Waals surface area contributed by atoms with Crippen molar-refractivity contribution in [2.75, 3.05) is 26.8 Å². The van der Waals surface area contributed by atoms with Crippen molar-refractivity contribution in [3.8, 4) is 0 Å². The van der Waals surface area contributed by atoms with E-state index in [-0.39, 0.29) is 0 Å². The molecule has 0 radical (unpaired) electrons. The van der Waals surface area contributed by atoms with Crippen LogP contribution in [0.5, 0.6) is 0 Å². The van der Waals surface area contributed by atoms with Crippen LogP contribution in [-0.2, 0) is 11.3 Å². The van der Waals surface area contributed by atoms with Crippen molar-refractivity contribution >= 4 is 11.6 Å². The van der Waals surface area contributed by atoms with Gasteiger partial charge in [0.05, 0.1) is 0 Å². The van der Waals surface area contributed by atoms with Gasteiger partial charge in [-0.15, -0.1) is 0 Å². The molecule has 1 heterocycles. The fraction of sp³-hybridized carbons (Fsp3) is 0.600. The molecule has 1 saturated heterocycles. The van der Waals surface area contributed by atoms with Gasteiger partial charge in [0.2, 0.25) is 0 Å². The Morgan fingerprint density at radius 3 is 2.53 bits per heavy atom. The molecule has 2 rings (SSSR count). The summed E-state index contributed by atoms with van der Waals surface area (Å²) in [5, 5.41) is 0.784. The van der Waals surface area contributed by atoms with Gasteiger partial charge in [-0.1, -0.05) is 23.7 Å². The van der Waals surface area contributed by atoms with Crippen molar-refractivity contribution in [2.24, 2.45) is 11.7 Å². The predicted octanol–water partition coefficient (Wildman–Crippen LogP) is 2.53. The summed E-state index contributed by atoms with van der Waals surface area (Å²) < 4.78 is 5.43. The normalized spacial score (nSPS) is 18.7. The third-order valence-corrected chi connectivity index (χ3v) is 4.21. The van der Waals surface area contributed by atoms with E-state index in [1.807, 2.05) is 12.1 Å². The molecular weight excluding hydrogens is 260 g/mol. The lowest BCUT2D eigenvalue weighted by molar-refractivity contribution is 0.0321. The minimum absolute atomic E-state index is 0.430. The predicted molar refractivity (Wildman–Crippen MR) is 79.3 cm³/mol. The standard InChI is InChI=1S/C15H23ClN2O/c1-18(11-12-2-4-14(16)5-3-12)15(10-17)13-6-8-19-9-7-13/h2-5,13,15H,6-11,17H2,1H3. The number of hydrogen-bond donors (Lipinski definition) is 1. The lowest BCUT2D eigenvalue weighted by Crippen LogP contribution is -2.44. The highest BCUT2D eigenvalue weighted by atomic mass is 35.5. The second-order valence-corrected chi connectivity index (χ2v) is 5.73. The smallest absolute Gasteiger partial charge is 0.0469 e. The number of halogens is 1. The van der Waals surface area contributed by atoms with Gasteiger partial charge in [0.25, 0.3) is 0 Å². The third-order valence-electron chi connectivity index (χ3n) is 3.96. The summed E-state index contributed by atoms with van der Waals surface area (Å²) >= 11 is 5.91. The zero-order valence-corrected chi connectivity index (χ0v) is 12.3. The zero-order valence-electron chi connectivity index (χ0n) is 11.5. The largest absolute Gasteiger partial charge is 0.381 e. The van der Waals surface area contributed by atoms with Gasteiger partial charge >= 0.3 is 0 Å². The quantitative estimate of drug-likeness (QED) is 0.902. The van der Waals surface area contributed by atoms with E-state index in [0.29, 0.717) is 18.5 Å². The Hall–Kier alpha value is -0.610. The molecule has 0 spiro atoms. The molecule has 1 unspecified atom stereocenters. The molecule has 2 N–H and O–H groups in total. The van der Waals surface area contributed by atoms with Gasteiger partial charge in [-0.25, -0.2) is 0 Å². The SMILES string of the molecule is CN(Cc1ccc(Cl)cc1)C(CN)C1CCOCC1. The molecule has 0 amide bonds. The van der Waals surface area contributed by atoms with Crippen LogP contribution in [0, 0.1) is 5.92 Å². The minimum atomic E-state index is 0.430. The number of likely N-dealkylation sites (N-methyl/N-ethyl adjacent to an activating group) is 1. The van der Waals surface area contributed by atoms with Gasteiger partial charge in [-0.2, -0.15) is 0 Å². The number of nitrogens with zero attached hydrogens (tertiary/aromatic N) is 1. The highest BCUT2D eigenvalue weighted by molar-refractivity contribution is 6.30. The summed E-state index contributed by atoms with van der Waals surface area (Å²) in [6, 6.07) is 8.47. The summed E-state index contributed by atoms with van der Waals surface area (Å²) in [6.45, 7) is 3.36. The molecule has 1 aliphatic heterocycles. The second-order valence-electron chi connectivity index (χ2n) is 5.29. The van der Waals surface area contributed by atoms with Crippen LogP contribution in [0.1, 0.15) is 18.4 Å². The first-order valence-electron chi connectivity index (χ1n) is 6.93. The van der Waals surface area contributed by atoms with Gasteiger partial charge in [0, 0.05) is 37.4 Å². The van der Waals surface area contributed by atoms with Crippen LogP contribution in [0.15, 0.2) is 24.3 Å². The molecule has 0 aromatic heterocycles. The van der Waals surface area contributed by atoms with E-state index in [9.17, 15) is 0 Å². The first-order chi connectivity index (χ1) is 9.20. The number of rotatable bonds is 5. The van der Waals surface area contributed by atoms with Crippen LogP contribution in [-0.4, -0.2) is 37.7 Å². The van der Waals surface area contributed by atoms with Crippen molar-refractivity contribution in [1.29, 1.82) is 0 Å². The minimum Gasteiger partial charge on any atom is -0.381 e. The van der Waals surface area contributed by atoms with Crippen LogP contribution in [0.3, 0.4) is 0 Å². The van der Waals surface area contributed by atoms with E-state index in [4.69, 9.17) is 22.1 Å². The van der Waals surface area contributed by atoms with Gasteiger partial charge in [0.1, 0.15) is 0 Å². The molecule has 19 heavy (non-hydrogen) atoms. The Morgan fingerprint density at radius 1 is 1.32 bits per heavy atom. The van der Waals surface area contributed by atoms with Gasteiger partial charge < -0.3 is 10.5 Å². The number of benzene rings is 1. The third kappa shape index (κ3) is 4.18. The molecule has 0 saturated carbocycles. The Bertz CT molecular complexity index is 376. The van der Waals surface area contributed by atoms with Crippen molar-refractivity contribution in [2.45, 2.75) is 25.4 Å². The molecule has 1 atom stereocenters. The van der Waals surface area contributed by atoms with Crippen molar-refractivity contribution in [3.05, 3.63) is 34.9 Å². The Kier molecular flexibility index (Phi) is 5.64. The fourth-order valence-corrected chi connectivity index (χ4v) is 2.95. The summed E-state index contributed by atoms with van der Waals surface area (Å²) in [4.78, 5) is 2.36. The van der Waals surface area contributed by atoms with E-state index in [1.54, 1.807) is 0 Å². The molecule has 4 heteroatoms. The van der Waals surface area contributed by atoms with Crippen molar-refractivity contribution in [3.63, 3.8) is 0 Å². The highest BCUT2D eigenvalue weighted by Crippen LogP contribution is 2.23. The van der Waals surface area contributed by atoms with Crippen LogP contribution in [0.25, 0.3) is 0 Å². The molecule has 1 aromatic carbocycles. The molecular formula is C15H23ClN2O. The first-order valence-corrected chi connectivity index (χ1v) is 7.31. The summed E-state index contributed by atoms with van der Waals surface area (Å²) in [6.07, 6.45) is 2.24. The lowest BCUT2D eigenvalue weighted by atomic mass is 9.90. The number of hydrogen-bond acceptors (Lipinski definition) is 3. The van der Waals surface area contributed by atoms with E-state index in [0.717, 1.165) is 37.6 Å². The summed E-state index contributed by atoms with van der Waals surface area (Å²) in [7, 11) is 2.15. The lowest BCUT2D eigenvalue weighted by Gasteiger charge is -2.36. The summed E-state index contributed by atoms with van der Waals surface area (Å²) in [5.41, 5.74) is 7.25. The maximum Gasteiger partial charge on any atom is 0.0469 e. The fourth-order valence-electron chi connectivity index (χ4n) is 2.83. The molecule has 1 aromatic rings. The van der Waals surface area contributed by atoms with E-state index >= 15 is 0 Å². The van der Waals surface area contributed by atoms with E-state index in [2.05, 4.69) is 24.1 Å². The Morgan fingerprint density at radius 2 is 1.95 bits per heavy atom. The second kappa shape index (κ2) is 7.25. The van der Waals surface area contributed by atoms with Crippen LogP contribution >= 0.6 is 11.6 Å². The van der Waals surface area contributed by atoms with Crippen molar-refractivity contribution in [1.82, 2.24) is 4.90 Å². The Balaban J connectivity index is 1.95. The number of nitrogens with two attached hydrogens (primary N) is 1.